The predicted molar refractivity (Wildman–Crippen MR) is 134 cm³/mol. The molecule has 3 rings (SSSR count). The van der Waals surface area contributed by atoms with Gasteiger partial charge in [0.2, 0.25) is 10.0 Å². The van der Waals surface area contributed by atoms with Gasteiger partial charge < -0.3 is 4.74 Å². The van der Waals surface area contributed by atoms with Crippen molar-refractivity contribution in [2.24, 2.45) is 5.10 Å². The van der Waals surface area contributed by atoms with Gasteiger partial charge in [-0.1, -0.05) is 59.6 Å². The molecule has 0 bridgehead atoms. The molecule has 3 aromatic carbocycles. The molecule has 178 valence electrons. The number of nitrogens with one attached hydrogen (secondary N) is 1. The Balaban J connectivity index is 1.76. The third kappa shape index (κ3) is 6.80. The highest BCUT2D eigenvalue weighted by atomic mass is 35.5. The molecule has 3 aromatic rings. The Kier molecular flexibility index (Phi) is 9.06. The monoisotopic (exact) mass is 519 g/mol. The summed E-state index contributed by atoms with van der Waals surface area (Å²) in [5.74, 6) is -0.0790. The summed E-state index contributed by atoms with van der Waals surface area (Å²) in [5.41, 5.74) is 3.73. The first-order valence-electron chi connectivity index (χ1n) is 10.3. The Bertz CT molecular complexity index is 1230. The van der Waals surface area contributed by atoms with Crippen molar-refractivity contribution in [1.82, 2.24) is 9.73 Å². The van der Waals surface area contributed by atoms with Crippen molar-refractivity contribution in [1.29, 1.82) is 0 Å². The van der Waals surface area contributed by atoms with E-state index in [0.29, 0.717) is 27.8 Å². The second-order valence-corrected chi connectivity index (χ2v) is 9.93. The van der Waals surface area contributed by atoms with Gasteiger partial charge in [-0.15, -0.1) is 0 Å². The molecule has 1 amide bonds. The number of methoxy groups -OCH3 is 1. The Hall–Kier alpha value is -2.91. The molecule has 7 nitrogen and oxygen atoms in total. The van der Waals surface area contributed by atoms with Crippen molar-refractivity contribution < 1.29 is 17.9 Å². The van der Waals surface area contributed by atoms with Gasteiger partial charge in [-0.2, -0.15) is 9.41 Å². The van der Waals surface area contributed by atoms with E-state index in [1.165, 1.54) is 25.5 Å². The van der Waals surface area contributed by atoms with Gasteiger partial charge in [0.05, 0.1) is 34.8 Å². The van der Waals surface area contributed by atoms with Crippen LogP contribution >= 0.6 is 23.2 Å². The number of ether oxygens (including phenoxy) is 1. The third-order valence-electron chi connectivity index (χ3n) is 4.89. The molecule has 1 N–H and O–H groups in total. The zero-order valence-electron chi connectivity index (χ0n) is 18.3. The molecule has 0 aromatic heterocycles. The van der Waals surface area contributed by atoms with Crippen LogP contribution < -0.4 is 10.2 Å². The van der Waals surface area contributed by atoms with Crippen LogP contribution in [0, 0.1) is 0 Å². The molecule has 0 spiro atoms. The number of carbonyl (C=O) groups excluding carboxylic acids is 1. The maximum atomic E-state index is 13.3. The van der Waals surface area contributed by atoms with E-state index in [-0.39, 0.29) is 11.4 Å². The van der Waals surface area contributed by atoms with Gasteiger partial charge in [0.1, 0.15) is 5.75 Å². The molecule has 0 aliphatic carbocycles. The van der Waals surface area contributed by atoms with Crippen LogP contribution in [0.4, 0.5) is 0 Å². The van der Waals surface area contributed by atoms with Crippen LogP contribution in [-0.4, -0.2) is 45.0 Å². The summed E-state index contributed by atoms with van der Waals surface area (Å²) in [4.78, 5) is 12.6. The molecular formula is C24H23Cl2N3O4S. The molecule has 0 unspecified atom stereocenters. The Labute approximate surface area is 209 Å². The summed E-state index contributed by atoms with van der Waals surface area (Å²) in [7, 11) is -2.46. The number of hydrogen-bond acceptors (Lipinski definition) is 5. The first-order chi connectivity index (χ1) is 16.3. The molecule has 0 radical (unpaired) electrons. The highest BCUT2D eigenvalue weighted by Crippen LogP contribution is 2.22. The second kappa shape index (κ2) is 12.0. The first kappa shape index (κ1) is 25.7. The van der Waals surface area contributed by atoms with Crippen LogP contribution in [0.25, 0.3) is 0 Å². The number of nitrogens with zero attached hydrogens (tertiary/aromatic N) is 2. The molecule has 10 heteroatoms. The smallest absolute Gasteiger partial charge is 0.255 e. The zero-order chi connectivity index (χ0) is 24.6. The van der Waals surface area contributed by atoms with Crippen LogP contribution in [0.5, 0.6) is 5.75 Å². The fourth-order valence-electron chi connectivity index (χ4n) is 3.08. The second-order valence-electron chi connectivity index (χ2n) is 7.18. The van der Waals surface area contributed by atoms with Gasteiger partial charge in [0.15, 0.2) is 0 Å². The van der Waals surface area contributed by atoms with Gasteiger partial charge in [0, 0.05) is 12.1 Å². The van der Waals surface area contributed by atoms with Crippen LogP contribution in [-0.2, 0) is 21.2 Å². The van der Waals surface area contributed by atoms with Crippen LogP contribution in [0.15, 0.2) is 82.8 Å². The SMILES string of the molecule is COc1ccc(S(=O)(=O)N(CCc2ccccc2)CC(=O)NN=Cc2c(Cl)cccc2Cl)cc1. The van der Waals surface area contributed by atoms with E-state index < -0.39 is 22.5 Å². The lowest BCUT2D eigenvalue weighted by molar-refractivity contribution is -0.121. The fourth-order valence-corrected chi connectivity index (χ4v) is 4.97. The van der Waals surface area contributed by atoms with E-state index in [1.807, 2.05) is 30.3 Å². The predicted octanol–water partition coefficient (Wildman–Crippen LogP) is 4.39. The van der Waals surface area contributed by atoms with Crippen LogP contribution in [0.2, 0.25) is 10.0 Å². The third-order valence-corrected chi connectivity index (χ3v) is 7.41. The summed E-state index contributed by atoms with van der Waals surface area (Å²) in [6.07, 6.45) is 1.75. The minimum Gasteiger partial charge on any atom is -0.497 e. The topological polar surface area (TPSA) is 88.1 Å². The van der Waals surface area contributed by atoms with Crippen molar-refractivity contribution in [2.75, 3.05) is 20.2 Å². The Morgan fingerprint density at radius 3 is 2.26 bits per heavy atom. The van der Waals surface area contributed by atoms with E-state index in [1.54, 1.807) is 30.3 Å². The number of carbonyl (C=O) groups is 1. The zero-order valence-corrected chi connectivity index (χ0v) is 20.6. The lowest BCUT2D eigenvalue weighted by atomic mass is 10.1. The molecule has 0 saturated carbocycles. The van der Waals surface area contributed by atoms with Crippen molar-refractivity contribution in [3.8, 4) is 5.75 Å². The summed E-state index contributed by atoms with van der Waals surface area (Å²) >= 11 is 12.2. The van der Waals surface area contributed by atoms with Crippen LogP contribution in [0.3, 0.4) is 0 Å². The maximum absolute atomic E-state index is 13.3. The van der Waals surface area contributed by atoms with Crippen LogP contribution in [0.1, 0.15) is 11.1 Å². The molecule has 0 aliphatic rings. The van der Waals surface area contributed by atoms with E-state index in [2.05, 4.69) is 10.5 Å². The standard InChI is InChI=1S/C24H23Cl2N3O4S/c1-33-19-10-12-20(13-11-19)34(31,32)29(15-14-18-6-3-2-4-7-18)17-24(30)28-27-16-21-22(25)8-5-9-23(21)26/h2-13,16H,14-15,17H2,1H3,(H,28,30). The largest absolute Gasteiger partial charge is 0.497 e. The first-order valence-corrected chi connectivity index (χ1v) is 12.4. The lowest BCUT2D eigenvalue weighted by Gasteiger charge is -2.21. The normalized spacial score (nSPS) is 11.6. The van der Waals surface area contributed by atoms with E-state index >= 15 is 0 Å². The molecule has 0 fully saturated rings. The highest BCUT2D eigenvalue weighted by molar-refractivity contribution is 7.89. The number of amides is 1. The summed E-state index contributed by atoms with van der Waals surface area (Å²) in [6.45, 7) is -0.319. The molecule has 0 aliphatic heterocycles. The highest BCUT2D eigenvalue weighted by Gasteiger charge is 2.26. The molecule has 0 heterocycles. The fraction of sp³-hybridized carbons (Fsp3) is 0.167. The summed E-state index contributed by atoms with van der Waals surface area (Å²) in [6, 6.07) is 20.4. The molecule has 0 saturated heterocycles. The van der Waals surface area contributed by atoms with Crippen molar-refractivity contribution in [3.63, 3.8) is 0 Å². The van der Waals surface area contributed by atoms with Crippen molar-refractivity contribution >= 4 is 45.3 Å². The van der Waals surface area contributed by atoms with E-state index in [4.69, 9.17) is 27.9 Å². The van der Waals surface area contributed by atoms with Gasteiger partial charge >= 0.3 is 0 Å². The number of hydrogen-bond donors (Lipinski definition) is 1. The average Bonchev–Trinajstić information content (AvgIpc) is 2.84. The number of benzene rings is 3. The molecular weight excluding hydrogens is 497 g/mol. The number of rotatable bonds is 10. The van der Waals surface area contributed by atoms with Crippen molar-refractivity contribution in [2.45, 2.75) is 11.3 Å². The minimum atomic E-state index is -3.96. The number of hydrazone groups is 1. The number of halogens is 2. The minimum absolute atomic E-state index is 0.0560. The van der Waals surface area contributed by atoms with Crippen molar-refractivity contribution in [3.05, 3.63) is 94.0 Å². The molecule has 0 atom stereocenters. The summed E-state index contributed by atoms with van der Waals surface area (Å²) in [5, 5.41) is 4.63. The van der Waals surface area contributed by atoms with Gasteiger partial charge in [-0.25, -0.2) is 13.8 Å². The summed E-state index contributed by atoms with van der Waals surface area (Å²) < 4.78 is 32.8. The maximum Gasteiger partial charge on any atom is 0.255 e. The Morgan fingerprint density at radius 2 is 1.65 bits per heavy atom. The van der Waals surface area contributed by atoms with Gasteiger partial charge in [-0.3, -0.25) is 4.79 Å². The molecule has 34 heavy (non-hydrogen) atoms. The Morgan fingerprint density at radius 1 is 1.00 bits per heavy atom. The number of sulfonamides is 1. The average molecular weight is 520 g/mol. The van der Waals surface area contributed by atoms with E-state index in [0.717, 1.165) is 9.87 Å². The van der Waals surface area contributed by atoms with Gasteiger partial charge in [0.25, 0.3) is 5.91 Å². The van der Waals surface area contributed by atoms with E-state index in [9.17, 15) is 13.2 Å². The quantitative estimate of drug-likeness (QED) is 0.318. The lowest BCUT2D eigenvalue weighted by Crippen LogP contribution is -2.40. The van der Waals surface area contributed by atoms with Gasteiger partial charge in [-0.05, 0) is 48.4 Å².